The lowest BCUT2D eigenvalue weighted by molar-refractivity contribution is -0.149. The minimum Gasteiger partial charge on any atom is -0.464 e. The molecule has 5 nitrogen and oxygen atoms in total. The highest BCUT2D eigenvalue weighted by Gasteiger charge is 2.26. The second-order valence-corrected chi connectivity index (χ2v) is 3.22. The van der Waals surface area contributed by atoms with Crippen molar-refractivity contribution in [3.63, 3.8) is 0 Å². The van der Waals surface area contributed by atoms with Crippen molar-refractivity contribution in [2.24, 2.45) is 0 Å². The van der Waals surface area contributed by atoms with E-state index in [9.17, 15) is 14.7 Å². The van der Waals surface area contributed by atoms with Crippen molar-refractivity contribution in [1.29, 1.82) is 0 Å². The zero-order chi connectivity index (χ0) is 11.7. The lowest BCUT2D eigenvalue weighted by Gasteiger charge is -2.20. The molecule has 88 valence electrons. The summed E-state index contributed by atoms with van der Waals surface area (Å²) in [7, 11) is 0. The molecule has 0 heterocycles. The number of hydrogen-bond acceptors (Lipinski definition) is 4. The minimum absolute atomic E-state index is 0.233. The second kappa shape index (κ2) is 8.23. The Kier molecular flexibility index (Phi) is 7.62. The number of carbonyl (C=O) groups is 2. The smallest absolute Gasteiger partial charge is 0.331 e. The molecule has 0 bridgehead atoms. The van der Waals surface area contributed by atoms with Crippen LogP contribution in [-0.2, 0) is 14.3 Å². The van der Waals surface area contributed by atoms with Gasteiger partial charge in [0.2, 0.25) is 6.41 Å². The van der Waals surface area contributed by atoms with Crippen LogP contribution in [0, 0.1) is 0 Å². The van der Waals surface area contributed by atoms with Gasteiger partial charge in [-0.2, -0.15) is 0 Å². The summed E-state index contributed by atoms with van der Waals surface area (Å²) in [5, 5.41) is 11.9. The van der Waals surface area contributed by atoms with Crippen LogP contribution in [0.25, 0.3) is 0 Å². The first-order valence-corrected chi connectivity index (χ1v) is 5.21. The van der Waals surface area contributed by atoms with Gasteiger partial charge in [0.25, 0.3) is 0 Å². The molecule has 0 aliphatic heterocycles. The number of hydrogen-bond donors (Lipinski definition) is 2. The van der Waals surface area contributed by atoms with Gasteiger partial charge in [0, 0.05) is 0 Å². The van der Waals surface area contributed by atoms with E-state index in [1.807, 2.05) is 6.92 Å². The molecule has 0 rings (SSSR count). The molecule has 0 aromatic rings. The molecule has 0 fully saturated rings. The molecule has 2 N–H and O–H groups in total. The Balaban J connectivity index is 4.22. The van der Waals surface area contributed by atoms with Crippen LogP contribution in [0.4, 0.5) is 0 Å². The molecule has 0 spiro atoms. The maximum Gasteiger partial charge on any atom is 0.331 e. The third-order valence-corrected chi connectivity index (χ3v) is 2.03. The van der Waals surface area contributed by atoms with Crippen LogP contribution in [0.1, 0.15) is 33.1 Å². The van der Waals surface area contributed by atoms with Gasteiger partial charge in [-0.05, 0) is 13.3 Å². The Labute approximate surface area is 89.8 Å². The van der Waals surface area contributed by atoms with E-state index in [0.29, 0.717) is 12.8 Å². The van der Waals surface area contributed by atoms with E-state index in [1.54, 1.807) is 6.92 Å². The summed E-state index contributed by atoms with van der Waals surface area (Å²) in [4.78, 5) is 21.6. The summed E-state index contributed by atoms with van der Waals surface area (Å²) in [5.41, 5.74) is 0. The Morgan fingerprint density at radius 1 is 1.53 bits per heavy atom. The van der Waals surface area contributed by atoms with Crippen LogP contribution in [0.15, 0.2) is 0 Å². The molecule has 1 amide bonds. The first kappa shape index (κ1) is 13.9. The van der Waals surface area contributed by atoms with Crippen LogP contribution >= 0.6 is 0 Å². The predicted octanol–water partition coefficient (Wildman–Crippen LogP) is 0.215. The lowest BCUT2D eigenvalue weighted by atomic mass is 10.1. The van der Waals surface area contributed by atoms with E-state index >= 15 is 0 Å². The lowest BCUT2D eigenvalue weighted by Crippen LogP contribution is -2.46. The van der Waals surface area contributed by atoms with Gasteiger partial charge in [-0.25, -0.2) is 4.79 Å². The van der Waals surface area contributed by atoms with Crippen molar-refractivity contribution in [3.05, 3.63) is 0 Å². The number of aliphatic hydroxyl groups excluding tert-OH is 1. The van der Waals surface area contributed by atoms with Crippen molar-refractivity contribution in [3.8, 4) is 0 Å². The third-order valence-electron chi connectivity index (χ3n) is 2.03. The van der Waals surface area contributed by atoms with Gasteiger partial charge in [-0.1, -0.05) is 19.8 Å². The van der Waals surface area contributed by atoms with Crippen molar-refractivity contribution < 1.29 is 19.4 Å². The number of esters is 1. The van der Waals surface area contributed by atoms with E-state index in [1.165, 1.54) is 0 Å². The Morgan fingerprint density at radius 2 is 2.20 bits per heavy atom. The minimum atomic E-state index is -0.950. The molecule has 0 saturated heterocycles. The molecule has 15 heavy (non-hydrogen) atoms. The molecular weight excluding hydrogens is 198 g/mol. The summed E-state index contributed by atoms with van der Waals surface area (Å²) in [6, 6.07) is -0.950. The monoisotopic (exact) mass is 217 g/mol. The number of rotatable bonds is 8. The summed E-state index contributed by atoms with van der Waals surface area (Å²) in [6.45, 7) is 3.89. The van der Waals surface area contributed by atoms with Crippen molar-refractivity contribution in [1.82, 2.24) is 5.32 Å². The van der Waals surface area contributed by atoms with Gasteiger partial charge in [0.05, 0.1) is 12.7 Å². The topological polar surface area (TPSA) is 75.6 Å². The van der Waals surface area contributed by atoms with Gasteiger partial charge < -0.3 is 15.2 Å². The Bertz CT molecular complexity index is 196. The van der Waals surface area contributed by atoms with Gasteiger partial charge in [-0.15, -0.1) is 0 Å². The number of amides is 1. The average Bonchev–Trinajstić information content (AvgIpc) is 2.22. The number of carbonyl (C=O) groups excluding carboxylic acids is 2. The molecule has 0 aromatic carbocycles. The van der Waals surface area contributed by atoms with Gasteiger partial charge in [-0.3, -0.25) is 4.79 Å². The van der Waals surface area contributed by atoms with Gasteiger partial charge in [0.1, 0.15) is 0 Å². The van der Waals surface area contributed by atoms with Crippen molar-refractivity contribution in [2.45, 2.75) is 45.3 Å². The SMILES string of the molecule is CCCCC(O)C(NC=O)C(=O)OCC. The first-order chi connectivity index (χ1) is 7.17. The molecule has 0 aromatic heterocycles. The van der Waals surface area contributed by atoms with Crippen molar-refractivity contribution in [2.75, 3.05) is 6.61 Å². The fourth-order valence-electron chi connectivity index (χ4n) is 1.22. The maximum absolute atomic E-state index is 11.3. The van der Waals surface area contributed by atoms with Crippen molar-refractivity contribution >= 4 is 12.4 Å². The Morgan fingerprint density at radius 3 is 2.67 bits per heavy atom. The van der Waals surface area contributed by atoms with E-state index in [-0.39, 0.29) is 6.61 Å². The van der Waals surface area contributed by atoms with E-state index in [4.69, 9.17) is 4.74 Å². The Hall–Kier alpha value is -1.10. The summed E-state index contributed by atoms with van der Waals surface area (Å²) < 4.78 is 4.74. The molecule has 5 heteroatoms. The van der Waals surface area contributed by atoms with E-state index < -0.39 is 18.1 Å². The molecule has 2 unspecified atom stereocenters. The van der Waals surface area contributed by atoms with Crippen LogP contribution in [0.5, 0.6) is 0 Å². The second-order valence-electron chi connectivity index (χ2n) is 3.22. The van der Waals surface area contributed by atoms with Crippen LogP contribution in [-0.4, -0.2) is 36.2 Å². The standard InChI is InChI=1S/C10H19NO4/c1-3-5-6-8(13)9(11-7-12)10(14)15-4-2/h7-9,13H,3-6H2,1-2H3,(H,11,12). The average molecular weight is 217 g/mol. The highest BCUT2D eigenvalue weighted by atomic mass is 16.5. The molecule has 0 radical (unpaired) electrons. The number of aliphatic hydroxyl groups is 1. The normalized spacial score (nSPS) is 14.1. The predicted molar refractivity (Wildman–Crippen MR) is 55.2 cm³/mol. The third kappa shape index (κ3) is 5.37. The zero-order valence-corrected chi connectivity index (χ0v) is 9.23. The molecule has 2 atom stereocenters. The van der Waals surface area contributed by atoms with Crippen LogP contribution in [0.2, 0.25) is 0 Å². The van der Waals surface area contributed by atoms with Crippen LogP contribution in [0.3, 0.4) is 0 Å². The summed E-state index contributed by atoms with van der Waals surface area (Å²) in [6.07, 6.45) is 1.72. The number of unbranched alkanes of at least 4 members (excludes halogenated alkanes) is 1. The maximum atomic E-state index is 11.3. The molecule has 0 saturated carbocycles. The summed E-state index contributed by atoms with van der Waals surface area (Å²) in [5.74, 6) is -0.590. The first-order valence-electron chi connectivity index (χ1n) is 5.21. The summed E-state index contributed by atoms with van der Waals surface area (Å²) >= 11 is 0. The van der Waals surface area contributed by atoms with Gasteiger partial charge in [0.15, 0.2) is 6.04 Å². The highest BCUT2D eigenvalue weighted by Crippen LogP contribution is 2.06. The fraction of sp³-hybridized carbons (Fsp3) is 0.800. The van der Waals surface area contributed by atoms with Crippen LogP contribution < -0.4 is 5.32 Å². The molecule has 0 aliphatic rings. The molecule has 0 aliphatic carbocycles. The quantitative estimate of drug-likeness (QED) is 0.450. The fourth-order valence-corrected chi connectivity index (χ4v) is 1.22. The molecular formula is C10H19NO4. The van der Waals surface area contributed by atoms with Gasteiger partial charge >= 0.3 is 5.97 Å². The van der Waals surface area contributed by atoms with E-state index in [0.717, 1.165) is 12.8 Å². The number of nitrogens with one attached hydrogen (secondary N) is 1. The van der Waals surface area contributed by atoms with E-state index in [2.05, 4.69) is 5.32 Å². The highest BCUT2D eigenvalue weighted by molar-refractivity contribution is 5.78. The largest absolute Gasteiger partial charge is 0.464 e. The number of ether oxygens (including phenoxy) is 1. The zero-order valence-electron chi connectivity index (χ0n) is 9.23.